The Morgan fingerprint density at radius 2 is 2.08 bits per heavy atom. The summed E-state index contributed by atoms with van der Waals surface area (Å²) in [5.41, 5.74) is 2.88. The molecule has 0 aromatic carbocycles. The molecule has 0 saturated carbocycles. The third-order valence-electron chi connectivity index (χ3n) is 3.44. The summed E-state index contributed by atoms with van der Waals surface area (Å²) in [7, 11) is 1.91. The van der Waals surface area contributed by atoms with Gasteiger partial charge in [-0.15, -0.1) is 16.4 Å². The summed E-state index contributed by atoms with van der Waals surface area (Å²) >= 11 is 1.67. The van der Waals surface area contributed by atoms with E-state index in [2.05, 4.69) is 31.7 Å². The highest BCUT2D eigenvalue weighted by Gasteiger charge is 2.13. The summed E-state index contributed by atoms with van der Waals surface area (Å²) < 4.78 is 7.45. The number of nitrogens with one attached hydrogen (secondary N) is 1. The molecular weight excluding hydrogens is 324 g/mol. The first-order chi connectivity index (χ1) is 11.8. The first kappa shape index (κ1) is 14.6. The number of rotatable bonds is 5. The first-order valence-corrected chi connectivity index (χ1v) is 8.22. The van der Waals surface area contributed by atoms with Gasteiger partial charge >= 0.3 is 6.01 Å². The molecule has 7 nitrogen and oxygen atoms in total. The van der Waals surface area contributed by atoms with Crippen LogP contribution >= 0.6 is 11.3 Å². The number of pyridine rings is 1. The zero-order valence-electron chi connectivity index (χ0n) is 12.9. The molecule has 0 aliphatic heterocycles. The lowest BCUT2D eigenvalue weighted by atomic mass is 10.2. The maximum Gasteiger partial charge on any atom is 0.316 e. The van der Waals surface area contributed by atoms with Gasteiger partial charge in [-0.3, -0.25) is 9.67 Å². The third-order valence-corrected chi connectivity index (χ3v) is 4.32. The SMILES string of the molecule is Cn1cc(CNc2nnc(-c3ccncc3)o2)c(-c2cccs2)n1. The number of anilines is 1. The second-order valence-electron chi connectivity index (χ2n) is 5.16. The van der Waals surface area contributed by atoms with E-state index in [0.717, 1.165) is 21.7 Å². The van der Waals surface area contributed by atoms with E-state index < -0.39 is 0 Å². The molecule has 0 amide bonds. The normalized spacial score (nSPS) is 10.9. The van der Waals surface area contributed by atoms with Crippen molar-refractivity contribution in [3.63, 3.8) is 0 Å². The Bertz CT molecular complexity index is 929. The van der Waals surface area contributed by atoms with Crippen molar-refractivity contribution in [1.82, 2.24) is 25.0 Å². The van der Waals surface area contributed by atoms with Crippen LogP contribution in [0.5, 0.6) is 0 Å². The van der Waals surface area contributed by atoms with E-state index in [-0.39, 0.29) is 0 Å². The van der Waals surface area contributed by atoms with Crippen molar-refractivity contribution in [3.8, 4) is 22.0 Å². The molecule has 0 saturated heterocycles. The molecule has 24 heavy (non-hydrogen) atoms. The Morgan fingerprint density at radius 3 is 2.88 bits per heavy atom. The van der Waals surface area contributed by atoms with Crippen LogP contribution in [-0.4, -0.2) is 25.0 Å². The van der Waals surface area contributed by atoms with Gasteiger partial charge in [-0.25, -0.2) is 0 Å². The summed E-state index contributed by atoms with van der Waals surface area (Å²) in [6.45, 7) is 0.555. The van der Waals surface area contributed by atoms with Crippen LogP contribution in [0.2, 0.25) is 0 Å². The average molecular weight is 338 g/mol. The minimum Gasteiger partial charge on any atom is -0.403 e. The molecule has 0 radical (unpaired) electrons. The van der Waals surface area contributed by atoms with E-state index >= 15 is 0 Å². The number of aromatic nitrogens is 5. The highest BCUT2D eigenvalue weighted by atomic mass is 32.1. The van der Waals surface area contributed by atoms with Crippen LogP contribution in [0.25, 0.3) is 22.0 Å². The van der Waals surface area contributed by atoms with Crippen LogP contribution in [0.1, 0.15) is 5.56 Å². The van der Waals surface area contributed by atoms with E-state index in [0.29, 0.717) is 18.5 Å². The fourth-order valence-electron chi connectivity index (χ4n) is 2.36. The molecule has 0 aliphatic carbocycles. The van der Waals surface area contributed by atoms with Crippen molar-refractivity contribution >= 4 is 17.4 Å². The van der Waals surface area contributed by atoms with Gasteiger partial charge in [0.05, 0.1) is 4.88 Å². The van der Waals surface area contributed by atoms with Crippen LogP contribution in [0.3, 0.4) is 0 Å². The van der Waals surface area contributed by atoms with Gasteiger partial charge < -0.3 is 9.73 Å². The Labute approximate surface area is 142 Å². The summed E-state index contributed by atoms with van der Waals surface area (Å²) in [5.74, 6) is 0.463. The zero-order valence-corrected chi connectivity index (χ0v) is 13.7. The standard InChI is InChI=1S/C16H14N6OS/c1-22-10-12(14(21-22)13-3-2-8-24-13)9-18-16-20-19-15(23-16)11-4-6-17-7-5-11/h2-8,10H,9H2,1H3,(H,18,20). The number of thiophene rings is 1. The Kier molecular flexibility index (Phi) is 3.80. The quantitative estimate of drug-likeness (QED) is 0.602. The topological polar surface area (TPSA) is 81.7 Å². The molecule has 4 aromatic heterocycles. The lowest BCUT2D eigenvalue weighted by Gasteiger charge is -2.01. The summed E-state index contributed by atoms with van der Waals surface area (Å²) in [4.78, 5) is 5.11. The van der Waals surface area contributed by atoms with E-state index in [4.69, 9.17) is 4.42 Å². The monoisotopic (exact) mass is 338 g/mol. The second kappa shape index (κ2) is 6.25. The van der Waals surface area contributed by atoms with Gasteiger partial charge in [0.1, 0.15) is 5.69 Å². The molecule has 8 heteroatoms. The van der Waals surface area contributed by atoms with Crippen molar-refractivity contribution < 1.29 is 4.42 Å². The van der Waals surface area contributed by atoms with Crippen LogP contribution in [0.4, 0.5) is 6.01 Å². The van der Waals surface area contributed by atoms with Gasteiger partial charge in [0, 0.05) is 43.3 Å². The highest BCUT2D eigenvalue weighted by molar-refractivity contribution is 7.13. The van der Waals surface area contributed by atoms with Gasteiger partial charge in [-0.1, -0.05) is 11.2 Å². The van der Waals surface area contributed by atoms with Crippen LogP contribution < -0.4 is 5.32 Å². The maximum absolute atomic E-state index is 5.64. The van der Waals surface area contributed by atoms with Gasteiger partial charge in [-0.2, -0.15) is 5.10 Å². The Hall–Kier alpha value is -3.00. The smallest absolute Gasteiger partial charge is 0.316 e. The number of hydrogen-bond donors (Lipinski definition) is 1. The van der Waals surface area contributed by atoms with E-state index in [9.17, 15) is 0 Å². The van der Waals surface area contributed by atoms with Crippen molar-refractivity contribution in [3.05, 3.63) is 53.8 Å². The lowest BCUT2D eigenvalue weighted by molar-refractivity contribution is 0.581. The Morgan fingerprint density at radius 1 is 1.21 bits per heavy atom. The Balaban J connectivity index is 1.51. The number of nitrogens with zero attached hydrogens (tertiary/aromatic N) is 5. The van der Waals surface area contributed by atoms with Gasteiger partial charge in [-0.05, 0) is 23.6 Å². The van der Waals surface area contributed by atoms with Crippen molar-refractivity contribution in [2.75, 3.05) is 5.32 Å². The lowest BCUT2D eigenvalue weighted by Crippen LogP contribution is -1.99. The second-order valence-corrected chi connectivity index (χ2v) is 6.10. The van der Waals surface area contributed by atoms with Crippen LogP contribution in [0, 0.1) is 0 Å². The van der Waals surface area contributed by atoms with E-state index in [1.54, 1.807) is 23.7 Å². The van der Waals surface area contributed by atoms with E-state index in [1.165, 1.54) is 0 Å². The predicted molar refractivity (Wildman–Crippen MR) is 91.4 cm³/mol. The maximum atomic E-state index is 5.64. The number of hydrogen-bond acceptors (Lipinski definition) is 7. The molecular formula is C16H14N6OS. The van der Waals surface area contributed by atoms with Gasteiger partial charge in [0.25, 0.3) is 0 Å². The molecule has 1 N–H and O–H groups in total. The highest BCUT2D eigenvalue weighted by Crippen LogP contribution is 2.27. The minimum atomic E-state index is 0.378. The predicted octanol–water partition coefficient (Wildman–Crippen LogP) is 3.21. The molecule has 4 aromatic rings. The molecule has 120 valence electrons. The summed E-state index contributed by atoms with van der Waals surface area (Å²) in [6, 6.07) is 8.11. The molecule has 4 heterocycles. The summed E-state index contributed by atoms with van der Waals surface area (Å²) in [5, 5.41) is 17.8. The first-order valence-electron chi connectivity index (χ1n) is 7.34. The van der Waals surface area contributed by atoms with Crippen molar-refractivity contribution in [1.29, 1.82) is 0 Å². The molecule has 0 fully saturated rings. The fourth-order valence-corrected chi connectivity index (χ4v) is 3.11. The van der Waals surface area contributed by atoms with Gasteiger partial charge in [0.15, 0.2) is 0 Å². The average Bonchev–Trinajstić information content (AvgIpc) is 3.34. The zero-order chi connectivity index (χ0) is 16.4. The van der Waals surface area contributed by atoms with Crippen LogP contribution in [-0.2, 0) is 13.6 Å². The largest absolute Gasteiger partial charge is 0.403 e. The third kappa shape index (κ3) is 2.91. The fraction of sp³-hybridized carbons (Fsp3) is 0.125. The molecule has 0 aliphatic rings. The molecule has 0 bridgehead atoms. The molecule has 4 rings (SSSR count). The van der Waals surface area contributed by atoms with E-state index in [1.807, 2.05) is 41.5 Å². The van der Waals surface area contributed by atoms with Gasteiger partial charge in [0.2, 0.25) is 5.89 Å². The number of aryl methyl sites for hydroxylation is 1. The molecule has 0 atom stereocenters. The minimum absolute atomic E-state index is 0.378. The molecule has 0 unspecified atom stereocenters. The van der Waals surface area contributed by atoms with Crippen molar-refractivity contribution in [2.45, 2.75) is 6.54 Å². The van der Waals surface area contributed by atoms with Crippen molar-refractivity contribution in [2.24, 2.45) is 7.05 Å². The molecule has 0 spiro atoms. The van der Waals surface area contributed by atoms with Crippen LogP contribution in [0.15, 0.2) is 52.7 Å². The summed E-state index contributed by atoms with van der Waals surface area (Å²) in [6.07, 6.45) is 5.37.